The number of piperazine rings is 1. The van der Waals surface area contributed by atoms with Gasteiger partial charge in [-0.05, 0) is 12.0 Å². The predicted molar refractivity (Wildman–Crippen MR) is 88.1 cm³/mol. The molecule has 0 aliphatic carbocycles. The average Bonchev–Trinajstić information content (AvgIpc) is 2.54. The highest BCUT2D eigenvalue weighted by atomic mass is 16.5. The Morgan fingerprint density at radius 1 is 1.23 bits per heavy atom. The van der Waals surface area contributed by atoms with Crippen LogP contribution in [-0.2, 0) is 6.54 Å². The van der Waals surface area contributed by atoms with Crippen LogP contribution in [0.5, 0.6) is 5.75 Å². The molecule has 0 saturated carbocycles. The van der Waals surface area contributed by atoms with E-state index in [-0.39, 0.29) is 6.03 Å². The molecule has 1 heterocycles. The fourth-order valence-electron chi connectivity index (χ4n) is 2.59. The molecule has 2 rings (SSSR count). The molecule has 22 heavy (non-hydrogen) atoms. The summed E-state index contributed by atoms with van der Waals surface area (Å²) in [6.07, 6.45) is 0. The van der Waals surface area contributed by atoms with Crippen molar-refractivity contribution in [2.75, 3.05) is 39.8 Å². The fourth-order valence-corrected chi connectivity index (χ4v) is 2.59. The van der Waals surface area contributed by atoms with Crippen molar-refractivity contribution in [3.63, 3.8) is 0 Å². The standard InChI is InChI=1S/C17H27N3O2/c1-14(2)12-18-17(21)20-10-8-19(9-11-20)13-15-6-4-5-7-16(15)22-3/h4-7,14H,8-13H2,1-3H3,(H,18,21). The summed E-state index contributed by atoms with van der Waals surface area (Å²) in [6, 6.07) is 8.17. The zero-order chi connectivity index (χ0) is 15.9. The molecule has 2 amide bonds. The molecule has 5 nitrogen and oxygen atoms in total. The minimum atomic E-state index is 0.0608. The molecule has 122 valence electrons. The Kier molecular flexibility index (Phi) is 6.07. The summed E-state index contributed by atoms with van der Waals surface area (Å²) in [6.45, 7) is 9.15. The highest BCUT2D eigenvalue weighted by Gasteiger charge is 2.21. The Morgan fingerprint density at radius 3 is 2.55 bits per heavy atom. The summed E-state index contributed by atoms with van der Waals surface area (Å²) in [5.74, 6) is 1.41. The molecule has 1 aliphatic rings. The number of benzene rings is 1. The van der Waals surface area contributed by atoms with Gasteiger partial charge in [0.25, 0.3) is 0 Å². The van der Waals surface area contributed by atoms with Crippen molar-refractivity contribution in [1.29, 1.82) is 0 Å². The maximum atomic E-state index is 12.0. The normalized spacial score (nSPS) is 15.9. The zero-order valence-electron chi connectivity index (χ0n) is 13.8. The van der Waals surface area contributed by atoms with Crippen LogP contribution < -0.4 is 10.1 Å². The van der Waals surface area contributed by atoms with Crippen molar-refractivity contribution < 1.29 is 9.53 Å². The highest BCUT2D eigenvalue weighted by molar-refractivity contribution is 5.74. The topological polar surface area (TPSA) is 44.8 Å². The number of carbonyl (C=O) groups is 1. The molecule has 0 atom stereocenters. The van der Waals surface area contributed by atoms with Gasteiger partial charge in [0.05, 0.1) is 7.11 Å². The molecule has 1 aromatic carbocycles. The van der Waals surface area contributed by atoms with Gasteiger partial charge in [-0.15, -0.1) is 0 Å². The van der Waals surface area contributed by atoms with Crippen LogP contribution in [0.15, 0.2) is 24.3 Å². The van der Waals surface area contributed by atoms with E-state index in [0.717, 1.165) is 45.0 Å². The van der Waals surface area contributed by atoms with Crippen LogP contribution in [0.3, 0.4) is 0 Å². The summed E-state index contributed by atoms with van der Waals surface area (Å²) in [5, 5.41) is 2.98. The van der Waals surface area contributed by atoms with E-state index in [1.54, 1.807) is 7.11 Å². The minimum absolute atomic E-state index is 0.0608. The van der Waals surface area contributed by atoms with Gasteiger partial charge in [-0.3, -0.25) is 4.90 Å². The van der Waals surface area contributed by atoms with Crippen LogP contribution in [-0.4, -0.2) is 55.7 Å². The number of urea groups is 1. The molecule has 1 N–H and O–H groups in total. The van der Waals surface area contributed by atoms with Crippen molar-refractivity contribution in [3.8, 4) is 5.75 Å². The first-order valence-electron chi connectivity index (χ1n) is 7.97. The first kappa shape index (κ1) is 16.6. The number of ether oxygens (including phenoxy) is 1. The number of rotatable bonds is 5. The first-order chi connectivity index (χ1) is 10.6. The SMILES string of the molecule is COc1ccccc1CN1CCN(C(=O)NCC(C)C)CC1. The molecule has 5 heteroatoms. The van der Waals surface area contributed by atoms with Crippen LogP contribution in [0.1, 0.15) is 19.4 Å². The predicted octanol–water partition coefficient (Wildman–Crippen LogP) is 2.18. The van der Waals surface area contributed by atoms with Gasteiger partial charge >= 0.3 is 6.03 Å². The van der Waals surface area contributed by atoms with Crippen LogP contribution in [0.4, 0.5) is 4.79 Å². The van der Waals surface area contributed by atoms with E-state index in [1.807, 2.05) is 23.1 Å². The quantitative estimate of drug-likeness (QED) is 0.907. The molecule has 1 saturated heterocycles. The van der Waals surface area contributed by atoms with Gasteiger partial charge < -0.3 is 15.0 Å². The lowest BCUT2D eigenvalue weighted by Crippen LogP contribution is -2.51. The second kappa shape index (κ2) is 8.03. The van der Waals surface area contributed by atoms with Crippen molar-refractivity contribution in [2.45, 2.75) is 20.4 Å². The summed E-state index contributed by atoms with van der Waals surface area (Å²) in [5.41, 5.74) is 1.20. The number of nitrogens with zero attached hydrogens (tertiary/aromatic N) is 2. The molecule has 1 aromatic rings. The third-order valence-electron chi connectivity index (χ3n) is 3.91. The van der Waals surface area contributed by atoms with E-state index >= 15 is 0 Å². The number of nitrogens with one attached hydrogen (secondary N) is 1. The fraction of sp³-hybridized carbons (Fsp3) is 0.588. The summed E-state index contributed by atoms with van der Waals surface area (Å²) in [7, 11) is 1.70. The summed E-state index contributed by atoms with van der Waals surface area (Å²) < 4.78 is 5.40. The lowest BCUT2D eigenvalue weighted by molar-refractivity contribution is 0.134. The van der Waals surface area contributed by atoms with Crippen molar-refractivity contribution in [1.82, 2.24) is 15.1 Å². The van der Waals surface area contributed by atoms with Crippen LogP contribution in [0.25, 0.3) is 0 Å². The lowest BCUT2D eigenvalue weighted by Gasteiger charge is -2.35. The van der Waals surface area contributed by atoms with Gasteiger partial charge in [-0.25, -0.2) is 4.79 Å². The van der Waals surface area contributed by atoms with Crippen molar-refractivity contribution in [2.24, 2.45) is 5.92 Å². The van der Waals surface area contributed by atoms with E-state index in [1.165, 1.54) is 5.56 Å². The average molecular weight is 305 g/mol. The third-order valence-corrected chi connectivity index (χ3v) is 3.91. The molecule has 1 aliphatic heterocycles. The van der Waals surface area contributed by atoms with E-state index < -0.39 is 0 Å². The number of hydrogen-bond acceptors (Lipinski definition) is 3. The van der Waals surface area contributed by atoms with Gasteiger partial charge in [-0.2, -0.15) is 0 Å². The second-order valence-corrected chi connectivity index (χ2v) is 6.15. The van der Waals surface area contributed by atoms with Crippen LogP contribution in [0.2, 0.25) is 0 Å². The van der Waals surface area contributed by atoms with Gasteiger partial charge in [-0.1, -0.05) is 32.0 Å². The number of hydrogen-bond donors (Lipinski definition) is 1. The second-order valence-electron chi connectivity index (χ2n) is 6.15. The Morgan fingerprint density at radius 2 is 1.91 bits per heavy atom. The van der Waals surface area contributed by atoms with E-state index in [9.17, 15) is 4.79 Å². The van der Waals surface area contributed by atoms with Gasteiger partial charge in [0, 0.05) is 44.8 Å². The Bertz CT molecular complexity index is 483. The monoisotopic (exact) mass is 305 g/mol. The molecular formula is C17H27N3O2. The van der Waals surface area contributed by atoms with Gasteiger partial charge in [0.15, 0.2) is 0 Å². The third kappa shape index (κ3) is 4.63. The van der Waals surface area contributed by atoms with E-state index in [0.29, 0.717) is 5.92 Å². The first-order valence-corrected chi connectivity index (χ1v) is 7.97. The molecule has 0 aromatic heterocycles. The minimum Gasteiger partial charge on any atom is -0.496 e. The molecule has 0 radical (unpaired) electrons. The maximum Gasteiger partial charge on any atom is 0.317 e. The van der Waals surface area contributed by atoms with Crippen LogP contribution >= 0.6 is 0 Å². The highest BCUT2D eigenvalue weighted by Crippen LogP contribution is 2.19. The number of para-hydroxylation sites is 1. The Hall–Kier alpha value is -1.75. The van der Waals surface area contributed by atoms with Gasteiger partial charge in [0.2, 0.25) is 0 Å². The van der Waals surface area contributed by atoms with E-state index in [2.05, 4.69) is 30.1 Å². The van der Waals surface area contributed by atoms with Gasteiger partial charge in [0.1, 0.15) is 5.75 Å². The maximum absolute atomic E-state index is 12.0. The smallest absolute Gasteiger partial charge is 0.317 e. The Balaban J connectivity index is 1.81. The molecule has 0 spiro atoms. The van der Waals surface area contributed by atoms with Crippen LogP contribution in [0, 0.1) is 5.92 Å². The Labute approximate surface area is 133 Å². The summed E-state index contributed by atoms with van der Waals surface area (Å²) in [4.78, 5) is 16.3. The number of amides is 2. The van der Waals surface area contributed by atoms with Crippen molar-refractivity contribution >= 4 is 6.03 Å². The zero-order valence-corrected chi connectivity index (χ0v) is 13.8. The largest absolute Gasteiger partial charge is 0.496 e. The molecule has 1 fully saturated rings. The molecule has 0 unspecified atom stereocenters. The number of carbonyl (C=O) groups excluding carboxylic acids is 1. The molecular weight excluding hydrogens is 278 g/mol. The molecule has 0 bridgehead atoms. The summed E-state index contributed by atoms with van der Waals surface area (Å²) >= 11 is 0. The van der Waals surface area contributed by atoms with Crippen molar-refractivity contribution in [3.05, 3.63) is 29.8 Å². The lowest BCUT2D eigenvalue weighted by atomic mass is 10.1. The number of methoxy groups -OCH3 is 1. The van der Waals surface area contributed by atoms with E-state index in [4.69, 9.17) is 4.74 Å².